The molecule has 2 nitrogen and oxygen atoms in total. The number of carbonyl (C=O) groups is 1. The number of Topliss-reactive ketones (excluding diaryl/α,β-unsaturated/α-hetero) is 1. The van der Waals surface area contributed by atoms with Gasteiger partial charge in [0.15, 0.2) is 5.78 Å². The Morgan fingerprint density at radius 2 is 2.24 bits per heavy atom. The Hall–Kier alpha value is -1.35. The van der Waals surface area contributed by atoms with Gasteiger partial charge in [-0.15, -0.1) is 0 Å². The number of rotatable bonds is 5. The number of hydrogen-bond acceptors (Lipinski definition) is 3. The number of nitrogens with zero attached hydrogens (tertiary/aromatic N) is 1. The highest BCUT2D eigenvalue weighted by Crippen LogP contribution is 2.19. The van der Waals surface area contributed by atoms with Crippen molar-refractivity contribution in [2.75, 3.05) is 11.5 Å². The summed E-state index contributed by atoms with van der Waals surface area (Å²) in [5, 5.41) is 2.03. The average Bonchev–Trinajstić information content (AvgIpc) is 2.38. The van der Waals surface area contributed by atoms with E-state index in [2.05, 4.69) is 11.9 Å². The van der Waals surface area contributed by atoms with Crippen LogP contribution in [0, 0.1) is 0 Å². The second-order valence-corrected chi connectivity index (χ2v) is 4.98. The van der Waals surface area contributed by atoms with Gasteiger partial charge in [0, 0.05) is 23.3 Å². The first-order valence-electron chi connectivity index (χ1n) is 5.76. The molecule has 3 heteroatoms. The van der Waals surface area contributed by atoms with Crippen LogP contribution in [0.15, 0.2) is 36.7 Å². The molecule has 0 fully saturated rings. The molecule has 0 saturated carbocycles. The van der Waals surface area contributed by atoms with Gasteiger partial charge in [0.2, 0.25) is 0 Å². The molecule has 0 aliphatic rings. The van der Waals surface area contributed by atoms with E-state index in [-0.39, 0.29) is 5.78 Å². The number of hydrogen-bond donors (Lipinski definition) is 0. The van der Waals surface area contributed by atoms with E-state index in [1.165, 1.54) is 0 Å². The van der Waals surface area contributed by atoms with Gasteiger partial charge in [-0.05, 0) is 23.6 Å². The summed E-state index contributed by atoms with van der Waals surface area (Å²) in [6.45, 7) is 2.13. The van der Waals surface area contributed by atoms with E-state index in [4.69, 9.17) is 0 Å². The highest BCUT2D eigenvalue weighted by molar-refractivity contribution is 7.99. The number of aromatic nitrogens is 1. The minimum Gasteiger partial charge on any atom is -0.293 e. The summed E-state index contributed by atoms with van der Waals surface area (Å²) in [6, 6.07) is 7.71. The second-order valence-electron chi connectivity index (χ2n) is 3.88. The van der Waals surface area contributed by atoms with E-state index in [1.807, 2.05) is 24.3 Å². The molecule has 0 bridgehead atoms. The number of fused-ring (bicyclic) bond motifs is 1. The van der Waals surface area contributed by atoms with Gasteiger partial charge in [-0.25, -0.2) is 0 Å². The van der Waals surface area contributed by atoms with Crippen molar-refractivity contribution in [1.29, 1.82) is 0 Å². The molecule has 1 aromatic carbocycles. The van der Waals surface area contributed by atoms with E-state index in [1.54, 1.807) is 24.2 Å². The van der Waals surface area contributed by atoms with Crippen LogP contribution in [-0.2, 0) is 0 Å². The third kappa shape index (κ3) is 2.86. The predicted octanol–water partition coefficient (Wildman–Crippen LogP) is 3.56. The number of benzene rings is 1. The fraction of sp³-hybridized carbons (Fsp3) is 0.286. The molecular formula is C14H15NOS. The lowest BCUT2D eigenvalue weighted by Crippen LogP contribution is -2.03. The highest BCUT2D eigenvalue weighted by Gasteiger charge is 2.09. The van der Waals surface area contributed by atoms with Gasteiger partial charge >= 0.3 is 0 Å². The Morgan fingerprint density at radius 3 is 3.06 bits per heavy atom. The van der Waals surface area contributed by atoms with E-state index in [9.17, 15) is 4.79 Å². The van der Waals surface area contributed by atoms with Crippen molar-refractivity contribution in [1.82, 2.24) is 4.98 Å². The lowest BCUT2D eigenvalue weighted by molar-refractivity contribution is 0.102. The molecule has 2 rings (SSSR count). The first-order chi connectivity index (χ1) is 8.33. The summed E-state index contributed by atoms with van der Waals surface area (Å²) < 4.78 is 0. The smallest absolute Gasteiger partial charge is 0.173 e. The first kappa shape index (κ1) is 12.1. The lowest BCUT2D eigenvalue weighted by atomic mass is 10.0. The first-order valence-corrected chi connectivity index (χ1v) is 6.92. The van der Waals surface area contributed by atoms with Gasteiger partial charge in [0.25, 0.3) is 0 Å². The van der Waals surface area contributed by atoms with Crippen LogP contribution in [0.2, 0.25) is 0 Å². The maximum atomic E-state index is 12.1. The number of pyridine rings is 1. The van der Waals surface area contributed by atoms with Crippen molar-refractivity contribution >= 4 is 28.3 Å². The largest absolute Gasteiger partial charge is 0.293 e. The summed E-state index contributed by atoms with van der Waals surface area (Å²) in [6.07, 6.45) is 4.64. The third-order valence-corrected chi connectivity index (χ3v) is 3.73. The molecule has 1 aromatic heterocycles. The van der Waals surface area contributed by atoms with Gasteiger partial charge in [-0.3, -0.25) is 9.78 Å². The van der Waals surface area contributed by atoms with Crippen LogP contribution < -0.4 is 0 Å². The SMILES string of the molecule is CCCSCC(=O)c1cccc2cnccc12. The number of carbonyl (C=O) groups excluding carboxylic acids is 1. The van der Waals surface area contributed by atoms with Gasteiger partial charge in [0.05, 0.1) is 5.75 Å². The summed E-state index contributed by atoms with van der Waals surface area (Å²) in [7, 11) is 0. The summed E-state index contributed by atoms with van der Waals surface area (Å²) in [4.78, 5) is 16.2. The van der Waals surface area contributed by atoms with E-state index < -0.39 is 0 Å². The maximum Gasteiger partial charge on any atom is 0.173 e. The Kier molecular flexibility index (Phi) is 4.15. The summed E-state index contributed by atoms with van der Waals surface area (Å²) in [5.74, 6) is 1.81. The van der Waals surface area contributed by atoms with Crippen molar-refractivity contribution in [2.45, 2.75) is 13.3 Å². The van der Waals surface area contributed by atoms with E-state index in [0.29, 0.717) is 5.75 Å². The number of ketones is 1. The fourth-order valence-electron chi connectivity index (χ4n) is 1.75. The molecule has 0 N–H and O–H groups in total. The Labute approximate surface area is 105 Å². The van der Waals surface area contributed by atoms with Crippen LogP contribution in [0.1, 0.15) is 23.7 Å². The van der Waals surface area contributed by atoms with Crippen molar-refractivity contribution < 1.29 is 4.79 Å². The molecule has 17 heavy (non-hydrogen) atoms. The predicted molar refractivity (Wildman–Crippen MR) is 73.7 cm³/mol. The van der Waals surface area contributed by atoms with Crippen LogP contribution in [0.5, 0.6) is 0 Å². The zero-order chi connectivity index (χ0) is 12.1. The maximum absolute atomic E-state index is 12.1. The standard InChI is InChI=1S/C14H15NOS/c1-2-8-17-10-14(16)13-5-3-4-11-9-15-7-6-12(11)13/h3-7,9H,2,8,10H2,1H3. The molecule has 0 spiro atoms. The van der Waals surface area contributed by atoms with Crippen LogP contribution >= 0.6 is 11.8 Å². The van der Waals surface area contributed by atoms with Crippen molar-refractivity contribution in [2.24, 2.45) is 0 Å². The highest BCUT2D eigenvalue weighted by atomic mass is 32.2. The Bertz CT molecular complexity index is 519. The second kappa shape index (κ2) is 5.82. The van der Waals surface area contributed by atoms with Crippen molar-refractivity contribution in [3.63, 3.8) is 0 Å². The minimum absolute atomic E-state index is 0.209. The zero-order valence-corrected chi connectivity index (χ0v) is 10.7. The van der Waals surface area contributed by atoms with E-state index >= 15 is 0 Å². The molecule has 0 unspecified atom stereocenters. The Balaban J connectivity index is 2.26. The molecule has 0 aliphatic heterocycles. The molecule has 0 amide bonds. The van der Waals surface area contributed by atoms with Crippen molar-refractivity contribution in [3.8, 4) is 0 Å². The fourth-order valence-corrected chi connectivity index (χ4v) is 2.53. The minimum atomic E-state index is 0.209. The van der Waals surface area contributed by atoms with Crippen LogP contribution in [0.4, 0.5) is 0 Å². The average molecular weight is 245 g/mol. The van der Waals surface area contributed by atoms with E-state index in [0.717, 1.165) is 28.5 Å². The van der Waals surface area contributed by atoms with Crippen LogP contribution in [0.25, 0.3) is 10.8 Å². The lowest BCUT2D eigenvalue weighted by Gasteiger charge is -2.04. The molecule has 0 atom stereocenters. The van der Waals surface area contributed by atoms with Gasteiger partial charge in [-0.2, -0.15) is 11.8 Å². The molecular weight excluding hydrogens is 230 g/mol. The van der Waals surface area contributed by atoms with Gasteiger partial charge < -0.3 is 0 Å². The zero-order valence-electron chi connectivity index (χ0n) is 9.85. The van der Waals surface area contributed by atoms with Crippen LogP contribution in [-0.4, -0.2) is 22.3 Å². The van der Waals surface area contributed by atoms with Gasteiger partial charge in [0.1, 0.15) is 0 Å². The molecule has 0 saturated heterocycles. The normalized spacial score (nSPS) is 10.6. The number of thioether (sulfide) groups is 1. The summed E-state index contributed by atoms with van der Waals surface area (Å²) in [5.41, 5.74) is 0.813. The van der Waals surface area contributed by atoms with Gasteiger partial charge in [-0.1, -0.05) is 25.1 Å². The summed E-state index contributed by atoms with van der Waals surface area (Å²) >= 11 is 1.70. The quantitative estimate of drug-likeness (QED) is 0.596. The molecule has 1 heterocycles. The molecule has 0 radical (unpaired) electrons. The molecule has 2 aromatic rings. The monoisotopic (exact) mass is 245 g/mol. The third-order valence-electron chi connectivity index (χ3n) is 2.56. The van der Waals surface area contributed by atoms with Crippen LogP contribution in [0.3, 0.4) is 0 Å². The topological polar surface area (TPSA) is 30.0 Å². The van der Waals surface area contributed by atoms with Crippen molar-refractivity contribution in [3.05, 3.63) is 42.2 Å². The Morgan fingerprint density at radius 1 is 1.35 bits per heavy atom. The molecule has 0 aliphatic carbocycles. The molecule has 88 valence electrons.